The average Bonchev–Trinajstić information content (AvgIpc) is 2.14. The van der Waals surface area contributed by atoms with Gasteiger partial charge in [-0.15, -0.1) is 0 Å². The lowest BCUT2D eigenvalue weighted by Gasteiger charge is -2.34. The Morgan fingerprint density at radius 1 is 0.280 bits per heavy atom. The van der Waals surface area contributed by atoms with Gasteiger partial charge in [-0.2, -0.15) is 0 Å². The molecule has 398 valence electrons. The summed E-state index contributed by atoms with van der Waals surface area (Å²) in [4.78, 5) is 2.59. The van der Waals surface area contributed by atoms with Gasteiger partial charge in [0.05, 0.1) is 16.8 Å². The van der Waals surface area contributed by atoms with Crippen LogP contribution in [0.3, 0.4) is 0 Å². The minimum Gasteiger partial charge on any atom is -0.309 e. The van der Waals surface area contributed by atoms with Crippen LogP contribution in [0.2, 0.25) is 0 Å². The van der Waals surface area contributed by atoms with Crippen LogP contribution in [0.15, 0.2) is 237 Å². The summed E-state index contributed by atoms with van der Waals surface area (Å²) in [7, 11) is 0. The summed E-state index contributed by atoms with van der Waals surface area (Å²) < 4.78 is 0. The SMILES string of the molecule is CC(C)(C)c1ccc2c(c1)C1(c3cc(C(C)(C)C)ccc3-2)c2ccccc2-c2c(N(c3ccc(-c4ccccc4-c4cccc5c4C(C)(C)c4ccccc4-5)cc3)c3ccccc3-c3ccc4c(c3)C(C)(C)c3ccccc3-4)cccc21. The Kier molecular flexibility index (Phi) is 10.8. The molecule has 11 aromatic rings. The average molecular weight is 1060 g/mol. The highest BCUT2D eigenvalue weighted by Crippen LogP contribution is 2.66. The fourth-order valence-electron chi connectivity index (χ4n) is 15.4. The van der Waals surface area contributed by atoms with Crippen LogP contribution in [0.1, 0.15) is 125 Å². The molecule has 0 saturated carbocycles. The number of hydrogen-bond acceptors (Lipinski definition) is 1. The van der Waals surface area contributed by atoms with Gasteiger partial charge in [-0.05, 0) is 164 Å². The van der Waals surface area contributed by atoms with E-state index in [0.29, 0.717) is 0 Å². The molecule has 0 bridgehead atoms. The first-order valence-corrected chi connectivity index (χ1v) is 29.6. The number of benzene rings is 11. The molecule has 4 aliphatic carbocycles. The Morgan fingerprint density at radius 2 is 0.707 bits per heavy atom. The van der Waals surface area contributed by atoms with Gasteiger partial charge in [0.2, 0.25) is 0 Å². The minimum atomic E-state index is -0.554. The number of para-hydroxylation sites is 1. The standard InChI is InChI=1S/C81H69N/c1-77(2,3)52-40-45-61-62-46-41-53(78(4,5)6)49-72(62)81(71(61)48-52)68-33-19-15-28-65(68)75-69(81)34-22-36-74(75)82(73-35-20-16-24-56(73)51-39-44-60-58-26-13-17-31-66(58)79(7,8)70(60)47-51)54-42-37-50(38-43-54)55-23-11-12-25-57(55)63-29-21-30-64-59-27-14-18-32-67(59)80(9,10)76(63)64/h11-49H,1-10H3. The molecular formula is C81H69N. The van der Waals surface area contributed by atoms with E-state index >= 15 is 0 Å². The second kappa shape index (κ2) is 17.6. The zero-order valence-electron chi connectivity index (χ0n) is 49.0. The normalized spacial score (nSPS) is 15.0. The maximum absolute atomic E-state index is 2.59. The Balaban J connectivity index is 0.963. The third-order valence-corrected chi connectivity index (χ3v) is 19.4. The predicted octanol–water partition coefficient (Wildman–Crippen LogP) is 21.7. The van der Waals surface area contributed by atoms with Crippen LogP contribution in [0.25, 0.3) is 77.9 Å². The van der Waals surface area contributed by atoms with Crippen molar-refractivity contribution in [2.24, 2.45) is 0 Å². The van der Waals surface area contributed by atoms with Crippen molar-refractivity contribution in [2.45, 2.75) is 96.3 Å². The van der Waals surface area contributed by atoms with Crippen molar-refractivity contribution in [3.8, 4) is 77.9 Å². The minimum absolute atomic E-state index is 0.0450. The second-order valence-electron chi connectivity index (χ2n) is 26.8. The van der Waals surface area contributed by atoms with Crippen molar-refractivity contribution in [1.29, 1.82) is 0 Å². The molecule has 11 aromatic carbocycles. The van der Waals surface area contributed by atoms with E-state index in [1.807, 2.05) is 0 Å². The number of hydrogen-bond donors (Lipinski definition) is 0. The molecule has 15 rings (SSSR count). The van der Waals surface area contributed by atoms with Gasteiger partial charge in [-0.25, -0.2) is 0 Å². The molecule has 1 spiro atoms. The summed E-state index contributed by atoms with van der Waals surface area (Å²) in [6, 6.07) is 91.0. The molecule has 0 saturated heterocycles. The molecule has 0 aromatic heterocycles. The smallest absolute Gasteiger partial charge is 0.0726 e. The lowest BCUT2D eigenvalue weighted by Crippen LogP contribution is -2.27. The molecule has 82 heavy (non-hydrogen) atoms. The van der Waals surface area contributed by atoms with E-state index in [9.17, 15) is 0 Å². The van der Waals surface area contributed by atoms with Gasteiger partial charge in [0, 0.05) is 27.6 Å². The van der Waals surface area contributed by atoms with Crippen LogP contribution < -0.4 is 4.90 Å². The van der Waals surface area contributed by atoms with Crippen molar-refractivity contribution in [3.63, 3.8) is 0 Å². The summed E-state index contributed by atoms with van der Waals surface area (Å²) in [6.45, 7) is 23.7. The fourth-order valence-corrected chi connectivity index (χ4v) is 15.4. The third-order valence-electron chi connectivity index (χ3n) is 19.4. The van der Waals surface area contributed by atoms with Gasteiger partial charge in [-0.1, -0.05) is 275 Å². The first-order chi connectivity index (χ1) is 39.5. The monoisotopic (exact) mass is 1060 g/mol. The van der Waals surface area contributed by atoms with E-state index in [2.05, 4.69) is 311 Å². The molecule has 0 aliphatic heterocycles. The topological polar surface area (TPSA) is 3.24 Å². The first-order valence-electron chi connectivity index (χ1n) is 29.6. The molecule has 0 N–H and O–H groups in total. The van der Waals surface area contributed by atoms with Gasteiger partial charge < -0.3 is 4.90 Å². The van der Waals surface area contributed by atoms with E-state index in [0.717, 1.165) is 17.1 Å². The van der Waals surface area contributed by atoms with E-state index in [4.69, 9.17) is 0 Å². The van der Waals surface area contributed by atoms with Crippen molar-refractivity contribution >= 4 is 17.1 Å². The summed E-state index contributed by atoms with van der Waals surface area (Å²) in [5.74, 6) is 0. The Bertz CT molecular complexity index is 4400. The van der Waals surface area contributed by atoms with Gasteiger partial charge in [0.15, 0.2) is 0 Å². The van der Waals surface area contributed by atoms with Crippen LogP contribution in [0.5, 0.6) is 0 Å². The second-order valence-corrected chi connectivity index (χ2v) is 26.8. The first kappa shape index (κ1) is 50.2. The molecule has 0 unspecified atom stereocenters. The molecule has 0 amide bonds. The maximum atomic E-state index is 2.59. The molecule has 4 aliphatic rings. The maximum Gasteiger partial charge on any atom is 0.0726 e. The Morgan fingerprint density at radius 3 is 1.34 bits per heavy atom. The van der Waals surface area contributed by atoms with Crippen molar-refractivity contribution < 1.29 is 0 Å². The highest BCUT2D eigenvalue weighted by atomic mass is 15.1. The molecule has 0 fully saturated rings. The zero-order chi connectivity index (χ0) is 56.2. The Hall–Kier alpha value is -8.78. The van der Waals surface area contributed by atoms with Crippen LogP contribution >= 0.6 is 0 Å². The van der Waals surface area contributed by atoms with Crippen LogP contribution in [-0.2, 0) is 27.1 Å². The van der Waals surface area contributed by atoms with Crippen LogP contribution in [0, 0.1) is 0 Å². The lowest BCUT2D eigenvalue weighted by atomic mass is 9.69. The molecule has 0 heterocycles. The number of fused-ring (bicyclic) bond motifs is 16. The largest absolute Gasteiger partial charge is 0.309 e. The van der Waals surface area contributed by atoms with Gasteiger partial charge in [-0.3, -0.25) is 0 Å². The molecule has 1 nitrogen and oxygen atoms in total. The summed E-state index contributed by atoms with van der Waals surface area (Å²) in [5.41, 5.74) is 34.0. The van der Waals surface area contributed by atoms with E-state index < -0.39 is 5.41 Å². The number of nitrogens with zero attached hydrogens (tertiary/aromatic N) is 1. The van der Waals surface area contributed by atoms with Gasteiger partial charge >= 0.3 is 0 Å². The summed E-state index contributed by atoms with van der Waals surface area (Å²) in [5, 5.41) is 0. The number of anilines is 3. The highest BCUT2D eigenvalue weighted by molar-refractivity contribution is 6.03. The van der Waals surface area contributed by atoms with Gasteiger partial charge in [0.1, 0.15) is 0 Å². The van der Waals surface area contributed by atoms with Crippen molar-refractivity contribution in [3.05, 3.63) is 292 Å². The van der Waals surface area contributed by atoms with E-state index in [-0.39, 0.29) is 21.7 Å². The molecule has 1 heteroatoms. The zero-order valence-corrected chi connectivity index (χ0v) is 49.0. The molecular weight excluding hydrogens is 987 g/mol. The molecule has 0 radical (unpaired) electrons. The predicted molar refractivity (Wildman–Crippen MR) is 346 cm³/mol. The lowest BCUT2D eigenvalue weighted by molar-refractivity contribution is 0.586. The van der Waals surface area contributed by atoms with Gasteiger partial charge in [0.25, 0.3) is 0 Å². The van der Waals surface area contributed by atoms with Crippen LogP contribution in [-0.4, -0.2) is 0 Å². The number of rotatable bonds is 6. The van der Waals surface area contributed by atoms with E-state index in [1.165, 1.54) is 134 Å². The summed E-state index contributed by atoms with van der Waals surface area (Å²) >= 11 is 0. The van der Waals surface area contributed by atoms with Crippen molar-refractivity contribution in [2.75, 3.05) is 4.90 Å². The Labute approximate surface area is 485 Å². The molecule has 0 atom stereocenters. The van der Waals surface area contributed by atoms with Crippen LogP contribution in [0.4, 0.5) is 17.1 Å². The van der Waals surface area contributed by atoms with E-state index in [1.54, 1.807) is 0 Å². The highest BCUT2D eigenvalue weighted by Gasteiger charge is 2.53. The third kappa shape index (κ3) is 7.05. The summed E-state index contributed by atoms with van der Waals surface area (Å²) in [6.07, 6.45) is 0. The fraction of sp³-hybridized carbons (Fsp3) is 0.185. The van der Waals surface area contributed by atoms with Crippen molar-refractivity contribution in [1.82, 2.24) is 0 Å². The quantitative estimate of drug-likeness (QED) is 0.160.